The van der Waals surface area contributed by atoms with Gasteiger partial charge >= 0.3 is 6.09 Å². The molecule has 2 aromatic rings. The molecule has 0 aromatic heterocycles. The van der Waals surface area contributed by atoms with E-state index in [0.29, 0.717) is 39.7 Å². The van der Waals surface area contributed by atoms with Crippen LogP contribution in [0.2, 0.25) is 0 Å². The Labute approximate surface area is 172 Å². The van der Waals surface area contributed by atoms with E-state index in [2.05, 4.69) is 5.32 Å². The van der Waals surface area contributed by atoms with Crippen LogP contribution < -0.4 is 29.0 Å². The van der Waals surface area contributed by atoms with Gasteiger partial charge in [-0.25, -0.2) is 4.79 Å². The molecule has 2 N–H and O–H groups in total. The Hall–Kier alpha value is -3.88. The van der Waals surface area contributed by atoms with Gasteiger partial charge in [-0.3, -0.25) is 10.1 Å². The maximum Gasteiger partial charge on any atom is 0.409 e. The van der Waals surface area contributed by atoms with Gasteiger partial charge in [-0.2, -0.15) is 0 Å². The number of carbonyl (C=O) groups is 2. The maximum atomic E-state index is 12.4. The molecule has 0 aliphatic carbocycles. The highest BCUT2D eigenvalue weighted by Gasteiger charge is 2.28. The monoisotopic (exact) mass is 415 g/mol. The van der Waals surface area contributed by atoms with Gasteiger partial charge in [0.15, 0.2) is 23.9 Å². The van der Waals surface area contributed by atoms with Crippen molar-refractivity contribution in [3.8, 4) is 28.7 Å². The van der Waals surface area contributed by atoms with E-state index in [4.69, 9.17) is 28.8 Å². The van der Waals surface area contributed by atoms with Crippen molar-refractivity contribution in [3.05, 3.63) is 41.5 Å². The standard InChI is InChI=1S/C21H21NO8/c1-26-16-6-5-11(7-15(16)22-21(24)25)13-8-12(23)10-30-18-14(13)9-17(27-2)19(28-3)20(18)29-4/h5-9,22H,10H2,1-4H3,(H,24,25). The predicted molar refractivity (Wildman–Crippen MR) is 108 cm³/mol. The average molecular weight is 415 g/mol. The lowest BCUT2D eigenvalue weighted by molar-refractivity contribution is -0.116. The number of carboxylic acid groups (broad SMARTS) is 1. The van der Waals surface area contributed by atoms with Crippen molar-refractivity contribution in [1.29, 1.82) is 0 Å². The average Bonchev–Trinajstić information content (AvgIpc) is 2.90. The zero-order valence-corrected chi connectivity index (χ0v) is 16.9. The second kappa shape index (κ2) is 8.64. The van der Waals surface area contributed by atoms with Crippen molar-refractivity contribution in [2.75, 3.05) is 40.4 Å². The number of nitrogens with one attached hydrogen (secondary N) is 1. The summed E-state index contributed by atoms with van der Waals surface area (Å²) >= 11 is 0. The summed E-state index contributed by atoms with van der Waals surface area (Å²) in [4.78, 5) is 23.6. The van der Waals surface area contributed by atoms with E-state index in [9.17, 15) is 9.59 Å². The minimum absolute atomic E-state index is 0.196. The van der Waals surface area contributed by atoms with Crippen LogP contribution in [0.15, 0.2) is 30.3 Å². The Morgan fingerprint density at radius 3 is 2.30 bits per heavy atom. The van der Waals surface area contributed by atoms with Crippen molar-refractivity contribution in [2.24, 2.45) is 0 Å². The molecule has 30 heavy (non-hydrogen) atoms. The van der Waals surface area contributed by atoms with Gasteiger partial charge in [0.2, 0.25) is 11.5 Å². The molecule has 3 rings (SSSR count). The fraction of sp³-hybridized carbons (Fsp3) is 0.238. The highest BCUT2D eigenvalue weighted by atomic mass is 16.5. The largest absolute Gasteiger partial charge is 0.495 e. The fourth-order valence-electron chi connectivity index (χ4n) is 3.22. The molecule has 0 saturated carbocycles. The molecule has 0 atom stereocenters. The maximum absolute atomic E-state index is 12.4. The molecule has 0 saturated heterocycles. The Morgan fingerprint density at radius 2 is 1.70 bits per heavy atom. The molecule has 9 nitrogen and oxygen atoms in total. The second-order valence-electron chi connectivity index (χ2n) is 6.18. The van der Waals surface area contributed by atoms with E-state index >= 15 is 0 Å². The Bertz CT molecular complexity index is 1030. The lowest BCUT2D eigenvalue weighted by Gasteiger charge is -2.20. The molecule has 1 aliphatic heterocycles. The summed E-state index contributed by atoms with van der Waals surface area (Å²) in [5.74, 6) is 1.37. The summed E-state index contributed by atoms with van der Waals surface area (Å²) in [7, 11) is 5.84. The van der Waals surface area contributed by atoms with Crippen LogP contribution in [0.25, 0.3) is 5.57 Å². The number of carbonyl (C=O) groups excluding carboxylic acids is 1. The number of amides is 1. The Kier molecular flexibility index (Phi) is 6.01. The third kappa shape index (κ3) is 3.82. The van der Waals surface area contributed by atoms with Crippen LogP contribution in [0.1, 0.15) is 11.1 Å². The third-order valence-electron chi connectivity index (χ3n) is 4.49. The normalized spacial score (nSPS) is 12.7. The molecule has 9 heteroatoms. The second-order valence-corrected chi connectivity index (χ2v) is 6.18. The van der Waals surface area contributed by atoms with E-state index in [-0.39, 0.29) is 23.8 Å². The minimum Gasteiger partial charge on any atom is -0.495 e. The molecule has 2 aromatic carbocycles. The van der Waals surface area contributed by atoms with Gasteiger partial charge in [0.25, 0.3) is 0 Å². The van der Waals surface area contributed by atoms with Crippen LogP contribution in [-0.4, -0.2) is 52.0 Å². The number of anilines is 1. The number of methoxy groups -OCH3 is 4. The number of ether oxygens (including phenoxy) is 5. The van der Waals surface area contributed by atoms with Crippen LogP contribution >= 0.6 is 0 Å². The van der Waals surface area contributed by atoms with Crippen molar-refractivity contribution in [2.45, 2.75) is 0 Å². The van der Waals surface area contributed by atoms with Gasteiger partial charge in [-0.15, -0.1) is 0 Å². The molecule has 0 radical (unpaired) electrons. The third-order valence-corrected chi connectivity index (χ3v) is 4.49. The van der Waals surface area contributed by atoms with Crippen LogP contribution in [0.5, 0.6) is 28.7 Å². The molecule has 1 amide bonds. The van der Waals surface area contributed by atoms with Crippen LogP contribution in [0.3, 0.4) is 0 Å². The van der Waals surface area contributed by atoms with Crippen molar-refractivity contribution < 1.29 is 38.4 Å². The number of fused-ring (bicyclic) bond motifs is 1. The van der Waals surface area contributed by atoms with Crippen molar-refractivity contribution in [1.82, 2.24) is 0 Å². The number of benzene rings is 2. The Morgan fingerprint density at radius 1 is 1.00 bits per heavy atom. The van der Waals surface area contributed by atoms with Gasteiger partial charge in [-0.05, 0) is 35.4 Å². The molecule has 0 spiro atoms. The van der Waals surface area contributed by atoms with Gasteiger partial charge in [0.1, 0.15) is 5.75 Å². The van der Waals surface area contributed by atoms with Crippen molar-refractivity contribution in [3.63, 3.8) is 0 Å². The summed E-state index contributed by atoms with van der Waals surface area (Å²) < 4.78 is 27.2. The van der Waals surface area contributed by atoms with Gasteiger partial charge < -0.3 is 28.8 Å². The molecular weight excluding hydrogens is 394 g/mol. The first-order chi connectivity index (χ1) is 14.4. The molecule has 1 heterocycles. The lowest BCUT2D eigenvalue weighted by atomic mass is 9.95. The van der Waals surface area contributed by atoms with E-state index in [1.54, 1.807) is 24.3 Å². The van der Waals surface area contributed by atoms with Crippen molar-refractivity contribution >= 4 is 23.1 Å². The number of hydrogen-bond donors (Lipinski definition) is 2. The fourth-order valence-corrected chi connectivity index (χ4v) is 3.22. The first kappa shape index (κ1) is 20.8. The Balaban J connectivity index is 2.26. The number of rotatable bonds is 6. The predicted octanol–water partition coefficient (Wildman–Crippen LogP) is 3.20. The van der Waals surface area contributed by atoms with E-state index in [1.807, 2.05) is 0 Å². The summed E-state index contributed by atoms with van der Waals surface area (Å²) in [6.07, 6.45) is 0.192. The summed E-state index contributed by atoms with van der Waals surface area (Å²) in [5, 5.41) is 11.4. The zero-order chi connectivity index (χ0) is 21.8. The van der Waals surface area contributed by atoms with Crippen LogP contribution in [0, 0.1) is 0 Å². The topological polar surface area (TPSA) is 113 Å². The minimum atomic E-state index is -1.24. The van der Waals surface area contributed by atoms with Gasteiger partial charge in [-0.1, -0.05) is 6.07 Å². The molecule has 0 bridgehead atoms. The number of ketones is 1. The highest BCUT2D eigenvalue weighted by molar-refractivity contribution is 6.04. The summed E-state index contributed by atoms with van der Waals surface area (Å²) in [6, 6.07) is 6.57. The SMILES string of the molecule is COc1ccc(C2=CC(=O)COc3c2cc(OC)c(OC)c3OC)cc1NC(=O)O. The lowest BCUT2D eigenvalue weighted by Crippen LogP contribution is -2.09. The highest BCUT2D eigenvalue weighted by Crippen LogP contribution is 2.50. The first-order valence-electron chi connectivity index (χ1n) is 8.82. The summed E-state index contributed by atoms with van der Waals surface area (Å²) in [5.41, 5.74) is 1.83. The summed E-state index contributed by atoms with van der Waals surface area (Å²) in [6.45, 7) is -0.196. The quantitative estimate of drug-likeness (QED) is 0.740. The first-order valence-corrected chi connectivity index (χ1v) is 8.82. The van der Waals surface area contributed by atoms with E-state index in [1.165, 1.54) is 34.5 Å². The smallest absolute Gasteiger partial charge is 0.409 e. The zero-order valence-electron chi connectivity index (χ0n) is 16.9. The van der Waals surface area contributed by atoms with Crippen LogP contribution in [0.4, 0.5) is 10.5 Å². The molecule has 0 fully saturated rings. The van der Waals surface area contributed by atoms with E-state index < -0.39 is 6.09 Å². The van der Waals surface area contributed by atoms with Crippen LogP contribution in [-0.2, 0) is 4.79 Å². The van der Waals surface area contributed by atoms with E-state index in [0.717, 1.165) is 0 Å². The molecule has 1 aliphatic rings. The molecule has 158 valence electrons. The van der Waals surface area contributed by atoms with Gasteiger partial charge in [0, 0.05) is 5.56 Å². The van der Waals surface area contributed by atoms with Gasteiger partial charge in [0.05, 0.1) is 34.1 Å². The molecular formula is C21H21NO8. The number of hydrogen-bond acceptors (Lipinski definition) is 7. The molecule has 0 unspecified atom stereocenters.